The van der Waals surface area contributed by atoms with E-state index < -0.39 is 11.8 Å². The number of amides is 2. The number of carbonyl (C=O) groups excluding carboxylic acids is 2. The van der Waals surface area contributed by atoms with E-state index in [0.29, 0.717) is 17.0 Å². The number of benzene rings is 2. The van der Waals surface area contributed by atoms with E-state index >= 15 is 0 Å². The van der Waals surface area contributed by atoms with Gasteiger partial charge in [-0.3, -0.25) is 19.8 Å². The molecule has 2 amide bonds. The summed E-state index contributed by atoms with van der Waals surface area (Å²) in [7, 11) is 1.59. The van der Waals surface area contributed by atoms with Crippen molar-refractivity contribution < 1.29 is 14.3 Å². The van der Waals surface area contributed by atoms with E-state index in [9.17, 15) is 9.59 Å². The van der Waals surface area contributed by atoms with E-state index in [-0.39, 0.29) is 10.7 Å². The predicted molar refractivity (Wildman–Crippen MR) is 127 cm³/mol. The van der Waals surface area contributed by atoms with Crippen molar-refractivity contribution in [1.29, 1.82) is 0 Å². The van der Waals surface area contributed by atoms with Gasteiger partial charge in [0, 0.05) is 30.4 Å². The van der Waals surface area contributed by atoms with Gasteiger partial charge in [0.25, 0.3) is 11.8 Å². The zero-order valence-corrected chi connectivity index (χ0v) is 18.7. The van der Waals surface area contributed by atoms with Gasteiger partial charge in [-0.2, -0.15) is 0 Å². The van der Waals surface area contributed by atoms with Crippen LogP contribution in [0.3, 0.4) is 0 Å². The first-order valence-corrected chi connectivity index (χ1v) is 10.7. The molecule has 2 aromatic rings. The highest BCUT2D eigenvalue weighted by Crippen LogP contribution is 2.31. The third kappa shape index (κ3) is 4.05. The largest absolute Gasteiger partial charge is 0.496 e. The Bertz CT molecular complexity index is 1100. The van der Waals surface area contributed by atoms with E-state index in [1.807, 2.05) is 50.2 Å². The second kappa shape index (κ2) is 8.51. The summed E-state index contributed by atoms with van der Waals surface area (Å²) in [5, 5.41) is 2.72. The van der Waals surface area contributed by atoms with Gasteiger partial charge < -0.3 is 9.64 Å². The number of thiocarbonyl (C=S) groups is 1. The van der Waals surface area contributed by atoms with Gasteiger partial charge in [-0.1, -0.05) is 17.7 Å². The summed E-state index contributed by atoms with van der Waals surface area (Å²) in [6, 6.07) is 11.6. The molecule has 2 aliphatic rings. The first kappa shape index (κ1) is 21.1. The molecule has 2 aliphatic heterocycles. The maximum atomic E-state index is 13.3. The van der Waals surface area contributed by atoms with E-state index in [2.05, 4.69) is 10.2 Å². The maximum Gasteiger partial charge on any atom is 0.270 e. The summed E-state index contributed by atoms with van der Waals surface area (Å²) in [4.78, 5) is 29.7. The maximum absolute atomic E-state index is 13.3. The van der Waals surface area contributed by atoms with Crippen LogP contribution in [0.2, 0.25) is 0 Å². The fraction of sp³-hybridized carbons (Fsp3) is 0.292. The molecule has 160 valence electrons. The van der Waals surface area contributed by atoms with Gasteiger partial charge in [-0.15, -0.1) is 0 Å². The Hall–Kier alpha value is -3.19. The molecular formula is C24H25N3O3S. The molecule has 4 rings (SSSR count). The molecule has 1 N–H and O–H groups in total. The molecule has 31 heavy (non-hydrogen) atoms. The molecule has 0 spiro atoms. The SMILES string of the molecule is COc1cc(N2CCCC2)ccc1/C=C1\C(=O)NC(=S)N(c2ccc(C)cc2C)C1=O. The van der Waals surface area contributed by atoms with E-state index in [1.54, 1.807) is 13.2 Å². The van der Waals surface area contributed by atoms with Crippen LogP contribution < -0.4 is 19.9 Å². The van der Waals surface area contributed by atoms with Gasteiger partial charge in [0.05, 0.1) is 12.8 Å². The van der Waals surface area contributed by atoms with Crippen LogP contribution in [0, 0.1) is 13.8 Å². The van der Waals surface area contributed by atoms with Crippen LogP contribution in [0.4, 0.5) is 11.4 Å². The van der Waals surface area contributed by atoms with Crippen molar-refractivity contribution in [3.8, 4) is 5.75 Å². The van der Waals surface area contributed by atoms with Crippen LogP contribution in [-0.4, -0.2) is 37.1 Å². The number of anilines is 2. The molecule has 2 fully saturated rings. The summed E-state index contributed by atoms with van der Waals surface area (Å²) in [6.45, 7) is 5.94. The Morgan fingerprint density at radius 2 is 1.81 bits per heavy atom. The fourth-order valence-electron chi connectivity index (χ4n) is 4.08. The van der Waals surface area contributed by atoms with Gasteiger partial charge in [0.1, 0.15) is 11.3 Å². The number of hydrogen-bond donors (Lipinski definition) is 1. The van der Waals surface area contributed by atoms with Crippen molar-refractivity contribution in [3.05, 3.63) is 58.7 Å². The Balaban J connectivity index is 1.71. The zero-order chi connectivity index (χ0) is 22.1. The first-order chi connectivity index (χ1) is 14.9. The summed E-state index contributed by atoms with van der Waals surface area (Å²) in [5.74, 6) is -0.350. The lowest BCUT2D eigenvalue weighted by Gasteiger charge is -2.30. The van der Waals surface area contributed by atoms with Gasteiger partial charge in [0.2, 0.25) is 0 Å². The van der Waals surface area contributed by atoms with Gasteiger partial charge in [-0.05, 0) is 68.7 Å². The molecule has 0 radical (unpaired) electrons. The number of carbonyl (C=O) groups is 2. The average molecular weight is 436 g/mol. The number of nitrogens with zero attached hydrogens (tertiary/aromatic N) is 2. The van der Waals surface area contributed by atoms with Crippen molar-refractivity contribution in [3.63, 3.8) is 0 Å². The molecule has 6 nitrogen and oxygen atoms in total. The molecule has 2 heterocycles. The molecular weight excluding hydrogens is 410 g/mol. The van der Waals surface area contributed by atoms with Crippen molar-refractivity contribution in [2.75, 3.05) is 30.0 Å². The van der Waals surface area contributed by atoms with Crippen molar-refractivity contribution in [2.45, 2.75) is 26.7 Å². The van der Waals surface area contributed by atoms with Crippen molar-refractivity contribution >= 4 is 46.6 Å². The number of ether oxygens (including phenoxy) is 1. The number of hydrogen-bond acceptors (Lipinski definition) is 5. The minimum absolute atomic E-state index is 0.0146. The second-order valence-corrected chi connectivity index (χ2v) is 8.25. The standard InChI is InChI=1S/C24H25N3O3S/c1-15-6-9-20(16(2)12-15)27-23(29)19(22(28)25-24(27)31)13-17-7-8-18(14-21(17)30-3)26-10-4-5-11-26/h6-9,12-14H,4-5,10-11H2,1-3H3,(H,25,28,31)/b19-13+. The quantitative estimate of drug-likeness (QED) is 0.450. The van der Waals surface area contributed by atoms with E-state index in [4.69, 9.17) is 17.0 Å². The number of rotatable bonds is 4. The highest BCUT2D eigenvalue weighted by molar-refractivity contribution is 7.80. The normalized spacial score (nSPS) is 18.0. The molecule has 0 atom stereocenters. The molecule has 2 saturated heterocycles. The number of methoxy groups -OCH3 is 1. The van der Waals surface area contributed by atoms with Crippen LogP contribution >= 0.6 is 12.2 Å². The summed E-state index contributed by atoms with van der Waals surface area (Å²) in [5.41, 5.74) is 4.40. The lowest BCUT2D eigenvalue weighted by atomic mass is 10.0. The summed E-state index contributed by atoms with van der Waals surface area (Å²) >= 11 is 5.32. The molecule has 7 heteroatoms. The summed E-state index contributed by atoms with van der Waals surface area (Å²) in [6.07, 6.45) is 3.93. The highest BCUT2D eigenvalue weighted by atomic mass is 32.1. The van der Waals surface area contributed by atoms with Crippen LogP contribution in [-0.2, 0) is 9.59 Å². The Morgan fingerprint density at radius 1 is 1.06 bits per heavy atom. The monoisotopic (exact) mass is 435 g/mol. The smallest absolute Gasteiger partial charge is 0.270 e. The third-order valence-electron chi connectivity index (χ3n) is 5.68. The van der Waals surface area contributed by atoms with Gasteiger partial charge in [0.15, 0.2) is 5.11 Å². The Morgan fingerprint density at radius 3 is 2.48 bits per heavy atom. The van der Waals surface area contributed by atoms with Crippen LogP contribution in [0.1, 0.15) is 29.5 Å². The molecule has 0 aromatic heterocycles. The first-order valence-electron chi connectivity index (χ1n) is 10.3. The van der Waals surface area contributed by atoms with Crippen LogP contribution in [0.15, 0.2) is 42.0 Å². The van der Waals surface area contributed by atoms with Gasteiger partial charge >= 0.3 is 0 Å². The van der Waals surface area contributed by atoms with Crippen molar-refractivity contribution in [2.24, 2.45) is 0 Å². The topological polar surface area (TPSA) is 61.9 Å². The zero-order valence-electron chi connectivity index (χ0n) is 17.9. The number of aryl methyl sites for hydroxylation is 2. The van der Waals surface area contributed by atoms with Crippen molar-refractivity contribution in [1.82, 2.24) is 5.32 Å². The Labute approximate surface area is 187 Å². The van der Waals surface area contributed by atoms with Crippen LogP contribution in [0.25, 0.3) is 6.08 Å². The molecule has 0 bridgehead atoms. The highest BCUT2D eigenvalue weighted by Gasteiger charge is 2.35. The van der Waals surface area contributed by atoms with E-state index in [1.165, 1.54) is 17.7 Å². The molecule has 0 saturated carbocycles. The average Bonchev–Trinajstić information content (AvgIpc) is 3.27. The minimum atomic E-state index is -0.512. The van der Waals surface area contributed by atoms with E-state index in [0.717, 1.165) is 29.9 Å². The second-order valence-electron chi connectivity index (χ2n) is 7.87. The van der Waals surface area contributed by atoms with Gasteiger partial charge in [-0.25, -0.2) is 0 Å². The lowest BCUT2D eigenvalue weighted by molar-refractivity contribution is -0.122. The predicted octanol–water partition coefficient (Wildman–Crippen LogP) is 3.74. The molecule has 0 unspecified atom stereocenters. The molecule has 0 aliphatic carbocycles. The minimum Gasteiger partial charge on any atom is -0.496 e. The fourth-order valence-corrected chi connectivity index (χ4v) is 4.35. The van der Waals surface area contributed by atoms with Crippen LogP contribution in [0.5, 0.6) is 5.75 Å². The molecule has 2 aromatic carbocycles. The number of nitrogens with one attached hydrogen (secondary N) is 1. The summed E-state index contributed by atoms with van der Waals surface area (Å²) < 4.78 is 5.57. The lowest BCUT2D eigenvalue weighted by Crippen LogP contribution is -2.54. The Kier molecular flexibility index (Phi) is 5.78. The third-order valence-corrected chi connectivity index (χ3v) is 5.97.